The van der Waals surface area contributed by atoms with Crippen molar-refractivity contribution in [2.75, 3.05) is 5.75 Å². The first kappa shape index (κ1) is 20.6. The highest BCUT2D eigenvalue weighted by molar-refractivity contribution is 7.92. The van der Waals surface area contributed by atoms with Gasteiger partial charge in [-0.1, -0.05) is 11.6 Å². The fourth-order valence-electron chi connectivity index (χ4n) is 4.15. The second kappa shape index (κ2) is 7.98. The number of rotatable bonds is 6. The minimum absolute atomic E-state index is 0.0305. The van der Waals surface area contributed by atoms with Gasteiger partial charge in [-0.25, -0.2) is 14.0 Å². The molecule has 31 heavy (non-hydrogen) atoms. The van der Waals surface area contributed by atoms with Gasteiger partial charge in [0.1, 0.15) is 15.2 Å². The molecule has 2 N–H and O–H groups in total. The van der Waals surface area contributed by atoms with Crippen LogP contribution in [-0.4, -0.2) is 26.9 Å². The fraction of sp³-hybridized carbons (Fsp3) is 0.455. The van der Waals surface area contributed by atoms with Crippen LogP contribution in [0.4, 0.5) is 0 Å². The first-order valence-electron chi connectivity index (χ1n) is 10.6. The lowest BCUT2D eigenvalue weighted by Gasteiger charge is -2.27. The van der Waals surface area contributed by atoms with Gasteiger partial charge in [-0.3, -0.25) is 4.79 Å². The van der Waals surface area contributed by atoms with Crippen LogP contribution in [0.5, 0.6) is 0 Å². The van der Waals surface area contributed by atoms with Gasteiger partial charge in [0.15, 0.2) is 22.3 Å². The minimum Gasteiger partial charge on any atom is -0.441 e. The molecule has 164 valence electrons. The summed E-state index contributed by atoms with van der Waals surface area (Å²) in [5.41, 5.74) is 1.50. The zero-order valence-electron chi connectivity index (χ0n) is 16.9. The molecule has 9 heteroatoms. The zero-order chi connectivity index (χ0) is 21.6. The molecular weight excluding hydrogens is 438 g/mol. The van der Waals surface area contributed by atoms with Crippen LogP contribution in [0.3, 0.4) is 0 Å². The van der Waals surface area contributed by atoms with Gasteiger partial charge < -0.3 is 14.2 Å². The van der Waals surface area contributed by atoms with Gasteiger partial charge in [0.25, 0.3) is 5.91 Å². The van der Waals surface area contributed by atoms with E-state index in [1.807, 2.05) is 6.07 Å². The average Bonchev–Trinajstić information content (AvgIpc) is 3.24. The average molecular weight is 462 g/mol. The van der Waals surface area contributed by atoms with E-state index in [-0.39, 0.29) is 28.7 Å². The molecule has 0 unspecified atom stereocenters. The molecule has 3 aromatic rings. The topological polar surface area (TPSA) is 109 Å². The monoisotopic (exact) mass is 461 g/mol. The van der Waals surface area contributed by atoms with Crippen molar-refractivity contribution < 1.29 is 17.8 Å². The molecule has 2 aliphatic rings. The molecule has 0 aliphatic heterocycles. The van der Waals surface area contributed by atoms with Crippen molar-refractivity contribution in [3.63, 3.8) is 0 Å². The molecule has 1 aromatic carbocycles. The van der Waals surface area contributed by atoms with E-state index in [2.05, 4.69) is 10.3 Å². The number of hydrogen-bond donors (Lipinski definition) is 2. The lowest BCUT2D eigenvalue weighted by atomic mass is 9.86. The summed E-state index contributed by atoms with van der Waals surface area (Å²) < 4.78 is 32.0. The summed E-state index contributed by atoms with van der Waals surface area (Å²) in [7, 11) is -2.97. The predicted molar refractivity (Wildman–Crippen MR) is 117 cm³/mol. The van der Waals surface area contributed by atoms with E-state index in [0.717, 1.165) is 55.5 Å². The highest BCUT2D eigenvalue weighted by Crippen LogP contribution is 2.35. The molecule has 7 nitrogen and oxygen atoms in total. The third-order valence-electron chi connectivity index (χ3n) is 6.08. The Bertz CT molecular complexity index is 1220. The van der Waals surface area contributed by atoms with Crippen LogP contribution in [0.1, 0.15) is 60.9 Å². The summed E-state index contributed by atoms with van der Waals surface area (Å²) >= 11 is 6.03. The molecule has 0 radical (unpaired) electrons. The first-order valence-corrected chi connectivity index (χ1v) is 12.7. The number of fused-ring (bicyclic) bond motifs is 1. The molecule has 0 spiro atoms. The van der Waals surface area contributed by atoms with Crippen LogP contribution < -0.4 is 5.32 Å². The van der Waals surface area contributed by atoms with Gasteiger partial charge in [-0.05, 0) is 74.8 Å². The first-order chi connectivity index (χ1) is 14.9. The summed E-state index contributed by atoms with van der Waals surface area (Å²) in [6, 6.07) is 8.47. The van der Waals surface area contributed by atoms with Crippen molar-refractivity contribution in [3.05, 3.63) is 47.0 Å². The fourth-order valence-corrected chi connectivity index (χ4v) is 5.99. The summed E-state index contributed by atoms with van der Waals surface area (Å²) in [5, 5.41) is 3.74. The number of nitrogens with one attached hydrogen (secondary N) is 2. The molecule has 1 amide bonds. The van der Waals surface area contributed by atoms with E-state index in [1.54, 1.807) is 12.1 Å². The number of oxazole rings is 1. The van der Waals surface area contributed by atoms with Crippen LogP contribution in [0.2, 0.25) is 5.02 Å². The quantitative estimate of drug-likeness (QED) is 0.514. The van der Waals surface area contributed by atoms with Gasteiger partial charge in [0.05, 0.1) is 0 Å². The molecule has 2 heterocycles. The van der Waals surface area contributed by atoms with Crippen molar-refractivity contribution in [3.8, 4) is 0 Å². The summed E-state index contributed by atoms with van der Waals surface area (Å²) in [6.45, 7) is 0. The number of carbonyl (C=O) groups excluding carboxylic acids is 1. The molecule has 2 aliphatic carbocycles. The highest BCUT2D eigenvalue weighted by atomic mass is 35.5. The van der Waals surface area contributed by atoms with Crippen LogP contribution >= 0.6 is 11.6 Å². The van der Waals surface area contributed by atoms with E-state index < -0.39 is 9.73 Å². The van der Waals surface area contributed by atoms with E-state index in [4.69, 9.17) is 25.2 Å². The Balaban J connectivity index is 1.18. The SMILES string of the molecule is N=[S@](=O)(CC1CC1)c1ccc(C(=O)N[C@H]2CC[C@@H](c3nc4cc(Cl)ccc4o3)CC2)o1. The lowest BCUT2D eigenvalue weighted by molar-refractivity contribution is 0.0891. The maximum Gasteiger partial charge on any atom is 0.287 e. The second-order valence-electron chi connectivity index (χ2n) is 8.59. The van der Waals surface area contributed by atoms with Gasteiger partial charge in [-0.15, -0.1) is 0 Å². The van der Waals surface area contributed by atoms with E-state index >= 15 is 0 Å². The number of benzene rings is 1. The molecule has 2 saturated carbocycles. The van der Waals surface area contributed by atoms with E-state index in [9.17, 15) is 9.00 Å². The number of amides is 1. The summed E-state index contributed by atoms with van der Waals surface area (Å²) in [5.74, 6) is 1.38. The Labute approximate surface area is 185 Å². The number of carbonyl (C=O) groups is 1. The van der Waals surface area contributed by atoms with Gasteiger partial charge in [-0.2, -0.15) is 0 Å². The van der Waals surface area contributed by atoms with Crippen molar-refractivity contribution in [2.45, 2.75) is 55.6 Å². The van der Waals surface area contributed by atoms with Crippen LogP contribution in [-0.2, 0) is 9.73 Å². The van der Waals surface area contributed by atoms with Gasteiger partial charge in [0, 0.05) is 22.7 Å². The summed E-state index contributed by atoms with van der Waals surface area (Å²) in [4.78, 5) is 17.2. The maximum atomic E-state index is 12.6. The second-order valence-corrected chi connectivity index (χ2v) is 11.1. The maximum absolute atomic E-state index is 12.6. The Morgan fingerprint density at radius 3 is 2.65 bits per heavy atom. The predicted octanol–water partition coefficient (Wildman–Crippen LogP) is 5.35. The van der Waals surface area contributed by atoms with Crippen molar-refractivity contribution in [2.24, 2.45) is 5.92 Å². The van der Waals surface area contributed by atoms with Crippen molar-refractivity contribution in [1.29, 1.82) is 4.78 Å². The molecule has 0 bridgehead atoms. The smallest absolute Gasteiger partial charge is 0.287 e. The Morgan fingerprint density at radius 1 is 1.13 bits per heavy atom. The molecule has 2 aromatic heterocycles. The Morgan fingerprint density at radius 2 is 1.90 bits per heavy atom. The third kappa shape index (κ3) is 4.50. The van der Waals surface area contributed by atoms with E-state index in [1.165, 1.54) is 12.1 Å². The highest BCUT2D eigenvalue weighted by Gasteiger charge is 2.30. The molecule has 1 atom stereocenters. The standard InChI is InChI=1S/C22H24ClN3O4S/c23-15-5-8-18-17(11-15)26-22(30-18)14-3-6-16(7-4-14)25-21(27)19-9-10-20(29-19)31(24,28)12-13-1-2-13/h5,8-11,13-14,16,24H,1-4,6-7,12H2,(H,25,27)/t14-,16+,31-/m0/s1. The van der Waals surface area contributed by atoms with Crippen LogP contribution in [0.25, 0.3) is 11.1 Å². The molecule has 0 saturated heterocycles. The number of aromatic nitrogens is 1. The lowest BCUT2D eigenvalue weighted by Crippen LogP contribution is -2.37. The van der Waals surface area contributed by atoms with Crippen LogP contribution in [0.15, 0.2) is 44.3 Å². The molecule has 2 fully saturated rings. The largest absolute Gasteiger partial charge is 0.441 e. The number of furan rings is 1. The van der Waals surface area contributed by atoms with Gasteiger partial charge in [0.2, 0.25) is 0 Å². The van der Waals surface area contributed by atoms with Crippen molar-refractivity contribution in [1.82, 2.24) is 10.3 Å². The normalized spacial score (nSPS) is 23.5. The summed E-state index contributed by atoms with van der Waals surface area (Å²) in [6.07, 6.45) is 5.36. The zero-order valence-corrected chi connectivity index (χ0v) is 18.5. The molecular formula is C22H24ClN3O4S. The molecule has 5 rings (SSSR count). The van der Waals surface area contributed by atoms with Gasteiger partial charge >= 0.3 is 0 Å². The van der Waals surface area contributed by atoms with Crippen LogP contribution in [0, 0.1) is 10.7 Å². The van der Waals surface area contributed by atoms with E-state index in [0.29, 0.717) is 16.7 Å². The number of halogens is 1. The van der Waals surface area contributed by atoms with Crippen molar-refractivity contribution >= 4 is 38.3 Å². The Kier molecular flexibility index (Phi) is 5.30. The number of nitrogens with zero attached hydrogens (tertiary/aromatic N) is 1. The third-order valence-corrected chi connectivity index (χ3v) is 8.12. The minimum atomic E-state index is -2.97. The Hall–Kier alpha value is -2.32. The number of hydrogen-bond acceptors (Lipinski definition) is 6.